The topological polar surface area (TPSA) is 64.0 Å². The van der Waals surface area contributed by atoms with Gasteiger partial charge in [0, 0.05) is 44.0 Å². The summed E-state index contributed by atoms with van der Waals surface area (Å²) in [6.45, 7) is 7.96. The molecular weight excluding hydrogens is 478 g/mol. The van der Waals surface area contributed by atoms with Crippen molar-refractivity contribution in [3.05, 3.63) is 89.7 Å². The number of rotatable bonds is 13. The first-order valence-corrected chi connectivity index (χ1v) is 13.1. The number of carbonyl (C=O) groups excluding carboxylic acids is 2. The van der Waals surface area contributed by atoms with Crippen molar-refractivity contribution in [2.45, 2.75) is 52.2 Å². The number of benzene rings is 2. The molecule has 0 aliphatic rings. The Hall–Kier alpha value is -3.58. The zero-order chi connectivity index (χ0) is 27.5. The first-order chi connectivity index (χ1) is 18.2. The number of aromatic nitrogens is 1. The van der Waals surface area contributed by atoms with Crippen LogP contribution in [-0.4, -0.2) is 65.6 Å². The summed E-state index contributed by atoms with van der Waals surface area (Å²) in [5.41, 5.74) is 2.81. The van der Waals surface area contributed by atoms with Crippen molar-refractivity contribution < 1.29 is 19.1 Å². The minimum Gasteiger partial charge on any atom is -0.497 e. The van der Waals surface area contributed by atoms with Gasteiger partial charge in [0.15, 0.2) is 0 Å². The van der Waals surface area contributed by atoms with Crippen LogP contribution < -0.4 is 4.74 Å². The molecule has 1 heterocycles. The zero-order valence-corrected chi connectivity index (χ0v) is 23.4. The summed E-state index contributed by atoms with van der Waals surface area (Å²) >= 11 is 0. The van der Waals surface area contributed by atoms with E-state index >= 15 is 0 Å². The Morgan fingerprint density at radius 2 is 1.63 bits per heavy atom. The van der Waals surface area contributed by atoms with Crippen LogP contribution in [0, 0.1) is 0 Å². The standard InChI is InChI=1S/C31H41N3O4/c1-31(2,3)34(23-27-14-10-18-32(27)22-26-13-9-15-28(21-26)38-5)30(36)24-33(19-20-37-4)29(35)17-16-25-11-7-6-8-12-25/h6-15,18,21H,16-17,19-20,22-24H2,1-5H3. The van der Waals surface area contributed by atoms with E-state index in [4.69, 9.17) is 9.47 Å². The van der Waals surface area contributed by atoms with Crippen molar-refractivity contribution in [1.82, 2.24) is 14.4 Å². The summed E-state index contributed by atoms with van der Waals surface area (Å²) in [6.07, 6.45) is 3.01. The van der Waals surface area contributed by atoms with E-state index in [0.717, 1.165) is 22.6 Å². The van der Waals surface area contributed by atoms with Gasteiger partial charge in [0.1, 0.15) is 5.75 Å². The largest absolute Gasteiger partial charge is 0.497 e. The molecule has 0 spiro atoms. The van der Waals surface area contributed by atoms with E-state index < -0.39 is 5.54 Å². The van der Waals surface area contributed by atoms with E-state index in [1.165, 1.54) is 0 Å². The highest BCUT2D eigenvalue weighted by Crippen LogP contribution is 2.21. The Labute approximate surface area is 227 Å². The number of aryl methyl sites for hydroxylation is 1. The van der Waals surface area contributed by atoms with Crippen LogP contribution >= 0.6 is 0 Å². The van der Waals surface area contributed by atoms with Gasteiger partial charge in [0.25, 0.3) is 0 Å². The number of nitrogens with zero attached hydrogens (tertiary/aromatic N) is 3. The van der Waals surface area contributed by atoms with Crippen LogP contribution in [0.25, 0.3) is 0 Å². The number of methoxy groups -OCH3 is 2. The second-order valence-corrected chi connectivity index (χ2v) is 10.4. The summed E-state index contributed by atoms with van der Waals surface area (Å²) in [5, 5.41) is 0. The molecule has 0 unspecified atom stereocenters. The Kier molecular flexibility index (Phi) is 10.5. The lowest BCUT2D eigenvalue weighted by Crippen LogP contribution is -2.50. The summed E-state index contributed by atoms with van der Waals surface area (Å²) in [7, 11) is 3.27. The normalized spacial score (nSPS) is 11.3. The van der Waals surface area contributed by atoms with Crippen molar-refractivity contribution in [3.63, 3.8) is 0 Å². The van der Waals surface area contributed by atoms with Crippen molar-refractivity contribution in [2.75, 3.05) is 33.9 Å². The van der Waals surface area contributed by atoms with Crippen molar-refractivity contribution in [3.8, 4) is 5.75 Å². The Bertz CT molecular complexity index is 1170. The maximum atomic E-state index is 13.7. The van der Waals surface area contributed by atoms with E-state index in [1.54, 1.807) is 19.1 Å². The molecule has 2 amide bonds. The van der Waals surface area contributed by atoms with Crippen molar-refractivity contribution in [1.29, 1.82) is 0 Å². The average molecular weight is 520 g/mol. The third-order valence-electron chi connectivity index (χ3n) is 6.56. The lowest BCUT2D eigenvalue weighted by molar-refractivity contribution is -0.144. The highest BCUT2D eigenvalue weighted by Gasteiger charge is 2.29. The third kappa shape index (κ3) is 8.48. The maximum absolute atomic E-state index is 13.7. The molecule has 0 aliphatic heterocycles. The van der Waals surface area contributed by atoms with Gasteiger partial charge in [-0.3, -0.25) is 9.59 Å². The first kappa shape index (κ1) is 29.0. The Balaban J connectivity index is 1.72. The number of carbonyl (C=O) groups is 2. The van der Waals surface area contributed by atoms with Crippen LogP contribution in [0.4, 0.5) is 0 Å². The molecule has 0 fully saturated rings. The van der Waals surface area contributed by atoms with Gasteiger partial charge < -0.3 is 23.8 Å². The fourth-order valence-electron chi connectivity index (χ4n) is 4.37. The minimum atomic E-state index is -0.428. The summed E-state index contributed by atoms with van der Waals surface area (Å²) in [6, 6.07) is 22.0. The van der Waals surface area contributed by atoms with E-state index in [-0.39, 0.29) is 18.4 Å². The van der Waals surface area contributed by atoms with Crippen molar-refractivity contribution in [2.24, 2.45) is 0 Å². The number of amides is 2. The first-order valence-electron chi connectivity index (χ1n) is 13.1. The minimum absolute atomic E-state index is 0.0187. The zero-order valence-electron chi connectivity index (χ0n) is 23.4. The third-order valence-corrected chi connectivity index (χ3v) is 6.56. The molecule has 3 aromatic rings. The fraction of sp³-hybridized carbons (Fsp3) is 0.419. The Morgan fingerprint density at radius 1 is 0.895 bits per heavy atom. The van der Waals surface area contributed by atoms with Gasteiger partial charge in [-0.25, -0.2) is 0 Å². The monoisotopic (exact) mass is 519 g/mol. The molecule has 7 nitrogen and oxygen atoms in total. The fourth-order valence-corrected chi connectivity index (χ4v) is 4.37. The number of hydrogen-bond acceptors (Lipinski definition) is 4. The van der Waals surface area contributed by atoms with Gasteiger partial charge in [0.2, 0.25) is 11.8 Å². The molecule has 0 N–H and O–H groups in total. The molecule has 38 heavy (non-hydrogen) atoms. The summed E-state index contributed by atoms with van der Waals surface area (Å²) in [5.74, 6) is 0.682. The Morgan fingerprint density at radius 3 is 2.32 bits per heavy atom. The maximum Gasteiger partial charge on any atom is 0.242 e. The van der Waals surface area contributed by atoms with Crippen molar-refractivity contribution >= 4 is 11.8 Å². The van der Waals surface area contributed by atoms with Gasteiger partial charge in [-0.1, -0.05) is 42.5 Å². The molecule has 0 aliphatic carbocycles. The smallest absolute Gasteiger partial charge is 0.242 e. The van der Waals surface area contributed by atoms with Gasteiger partial charge >= 0.3 is 0 Å². The van der Waals surface area contributed by atoms with Gasteiger partial charge in [0.05, 0.1) is 26.8 Å². The van der Waals surface area contributed by atoms with Gasteiger partial charge in [-0.05, 0) is 62.6 Å². The average Bonchev–Trinajstić information content (AvgIpc) is 3.34. The van der Waals surface area contributed by atoms with E-state index in [9.17, 15) is 9.59 Å². The predicted molar refractivity (Wildman–Crippen MR) is 150 cm³/mol. The summed E-state index contributed by atoms with van der Waals surface area (Å²) < 4.78 is 12.8. The lowest BCUT2D eigenvalue weighted by atomic mass is 10.0. The van der Waals surface area contributed by atoms with Gasteiger partial charge in [-0.15, -0.1) is 0 Å². The molecule has 7 heteroatoms. The van der Waals surface area contributed by atoms with E-state index in [2.05, 4.69) is 10.6 Å². The molecule has 2 aromatic carbocycles. The second kappa shape index (κ2) is 13.8. The van der Waals surface area contributed by atoms with Gasteiger partial charge in [-0.2, -0.15) is 0 Å². The predicted octanol–water partition coefficient (Wildman–Crippen LogP) is 4.78. The molecule has 0 bridgehead atoms. The molecule has 0 saturated heterocycles. The highest BCUT2D eigenvalue weighted by molar-refractivity contribution is 5.85. The summed E-state index contributed by atoms with van der Waals surface area (Å²) in [4.78, 5) is 30.3. The van der Waals surface area contributed by atoms with Crippen LogP contribution in [0.15, 0.2) is 72.9 Å². The second-order valence-electron chi connectivity index (χ2n) is 10.4. The van der Waals surface area contributed by atoms with Crippen LogP contribution in [0.3, 0.4) is 0 Å². The van der Waals surface area contributed by atoms with Crippen LogP contribution in [0.1, 0.15) is 44.0 Å². The van der Waals surface area contributed by atoms with E-state index in [0.29, 0.717) is 39.1 Å². The molecule has 3 rings (SSSR count). The SMILES string of the molecule is COCCN(CC(=O)N(Cc1cccn1Cc1cccc(OC)c1)C(C)(C)C)C(=O)CCc1ccccc1. The number of hydrogen-bond donors (Lipinski definition) is 0. The van der Waals surface area contributed by atoms with E-state index in [1.807, 2.05) is 92.5 Å². The molecule has 1 aromatic heterocycles. The lowest BCUT2D eigenvalue weighted by Gasteiger charge is -2.37. The highest BCUT2D eigenvalue weighted by atomic mass is 16.5. The molecule has 204 valence electrons. The molecular formula is C31H41N3O4. The number of ether oxygens (including phenoxy) is 2. The molecule has 0 saturated carbocycles. The van der Waals surface area contributed by atoms with Crippen LogP contribution in [0.2, 0.25) is 0 Å². The van der Waals surface area contributed by atoms with Crippen LogP contribution in [-0.2, 0) is 33.8 Å². The quantitative estimate of drug-likeness (QED) is 0.326. The molecule has 0 radical (unpaired) electrons. The van der Waals surface area contributed by atoms with Crippen LogP contribution in [0.5, 0.6) is 5.75 Å². The molecule has 0 atom stereocenters.